The van der Waals surface area contributed by atoms with Gasteiger partial charge in [0.05, 0.1) is 26.9 Å². The van der Waals surface area contributed by atoms with Crippen LogP contribution in [0.1, 0.15) is 11.7 Å². The van der Waals surface area contributed by atoms with Crippen molar-refractivity contribution < 1.29 is 19.4 Å². The first kappa shape index (κ1) is 12.3. The van der Waals surface area contributed by atoms with E-state index in [1.165, 1.54) is 7.11 Å². The summed E-state index contributed by atoms with van der Waals surface area (Å²) in [6.45, 7) is 0.110. The van der Waals surface area contributed by atoms with Gasteiger partial charge in [0.25, 0.3) is 0 Å². The Bertz CT molecular complexity index is 336. The molecule has 0 heterocycles. The van der Waals surface area contributed by atoms with Gasteiger partial charge in [-0.05, 0) is 17.7 Å². The fraction of sp³-hybridized carbons (Fsp3) is 0.364. The average Bonchev–Trinajstić information content (AvgIpc) is 2.35. The summed E-state index contributed by atoms with van der Waals surface area (Å²) in [5, 5.41) is 12.1. The summed E-state index contributed by atoms with van der Waals surface area (Å²) >= 11 is 0. The van der Waals surface area contributed by atoms with Gasteiger partial charge in [0.1, 0.15) is 5.75 Å². The molecule has 16 heavy (non-hydrogen) atoms. The maximum absolute atomic E-state index is 10.8. The zero-order chi connectivity index (χ0) is 12.0. The highest BCUT2D eigenvalue weighted by Crippen LogP contribution is 2.16. The molecule has 1 atom stereocenters. The molecule has 0 aliphatic carbocycles. The monoisotopic (exact) mass is 225 g/mol. The minimum atomic E-state index is -0.759. The Morgan fingerprint density at radius 3 is 2.50 bits per heavy atom. The van der Waals surface area contributed by atoms with Crippen LogP contribution in [-0.4, -0.2) is 32.0 Å². The van der Waals surface area contributed by atoms with Gasteiger partial charge >= 0.3 is 6.09 Å². The first-order chi connectivity index (χ1) is 7.67. The van der Waals surface area contributed by atoms with E-state index in [2.05, 4.69) is 10.1 Å². The Morgan fingerprint density at radius 2 is 2.00 bits per heavy atom. The van der Waals surface area contributed by atoms with Crippen LogP contribution in [0.2, 0.25) is 0 Å². The predicted octanol–water partition coefficient (Wildman–Crippen LogP) is 1.08. The smallest absolute Gasteiger partial charge is 0.406 e. The molecular formula is C11H15NO4. The van der Waals surface area contributed by atoms with Gasteiger partial charge in [0, 0.05) is 0 Å². The van der Waals surface area contributed by atoms with E-state index in [1.54, 1.807) is 31.4 Å². The van der Waals surface area contributed by atoms with Crippen molar-refractivity contribution in [2.24, 2.45) is 0 Å². The quantitative estimate of drug-likeness (QED) is 0.804. The van der Waals surface area contributed by atoms with Crippen molar-refractivity contribution in [3.8, 4) is 5.75 Å². The topological polar surface area (TPSA) is 67.8 Å². The number of aliphatic hydroxyl groups is 1. The van der Waals surface area contributed by atoms with Crippen molar-refractivity contribution in [2.45, 2.75) is 6.10 Å². The van der Waals surface area contributed by atoms with Crippen LogP contribution in [-0.2, 0) is 4.74 Å². The van der Waals surface area contributed by atoms with Crippen LogP contribution in [0.4, 0.5) is 4.79 Å². The third-order valence-corrected chi connectivity index (χ3v) is 2.13. The van der Waals surface area contributed by atoms with Crippen LogP contribution in [0.25, 0.3) is 0 Å². The number of aliphatic hydroxyl groups excluding tert-OH is 1. The Balaban J connectivity index is 2.52. The fourth-order valence-corrected chi connectivity index (χ4v) is 1.20. The minimum Gasteiger partial charge on any atom is -0.497 e. The van der Waals surface area contributed by atoms with Crippen molar-refractivity contribution in [3.05, 3.63) is 29.8 Å². The molecule has 1 amide bonds. The summed E-state index contributed by atoms with van der Waals surface area (Å²) in [7, 11) is 2.85. The second-order valence-corrected chi connectivity index (χ2v) is 3.16. The Morgan fingerprint density at radius 1 is 1.38 bits per heavy atom. The lowest BCUT2D eigenvalue weighted by Crippen LogP contribution is -2.28. The Kier molecular flexibility index (Phi) is 4.60. The Hall–Kier alpha value is -1.75. The van der Waals surface area contributed by atoms with E-state index in [-0.39, 0.29) is 6.54 Å². The largest absolute Gasteiger partial charge is 0.497 e. The second kappa shape index (κ2) is 5.97. The zero-order valence-corrected chi connectivity index (χ0v) is 9.27. The molecule has 0 aliphatic rings. The molecule has 0 spiro atoms. The lowest BCUT2D eigenvalue weighted by molar-refractivity contribution is 0.147. The van der Waals surface area contributed by atoms with Gasteiger partial charge in [-0.3, -0.25) is 0 Å². The maximum atomic E-state index is 10.8. The van der Waals surface area contributed by atoms with E-state index < -0.39 is 12.2 Å². The first-order valence-corrected chi connectivity index (χ1v) is 4.81. The molecule has 1 unspecified atom stereocenters. The number of benzene rings is 1. The van der Waals surface area contributed by atoms with E-state index in [0.717, 1.165) is 5.75 Å². The molecule has 2 N–H and O–H groups in total. The second-order valence-electron chi connectivity index (χ2n) is 3.16. The number of nitrogens with one attached hydrogen (secondary N) is 1. The number of amides is 1. The molecule has 1 rings (SSSR count). The van der Waals surface area contributed by atoms with Crippen LogP contribution < -0.4 is 10.1 Å². The molecule has 1 aromatic carbocycles. The van der Waals surface area contributed by atoms with Crippen molar-refractivity contribution in [2.75, 3.05) is 20.8 Å². The predicted molar refractivity (Wildman–Crippen MR) is 58.4 cm³/mol. The molecule has 5 heteroatoms. The normalized spacial score (nSPS) is 11.7. The van der Waals surface area contributed by atoms with Crippen LogP contribution >= 0.6 is 0 Å². The van der Waals surface area contributed by atoms with Gasteiger partial charge in [-0.25, -0.2) is 4.79 Å². The number of hydrogen-bond donors (Lipinski definition) is 2. The van der Waals surface area contributed by atoms with Crippen LogP contribution in [0.15, 0.2) is 24.3 Å². The van der Waals surface area contributed by atoms with E-state index in [1.807, 2.05) is 0 Å². The number of methoxy groups -OCH3 is 2. The number of alkyl carbamates (subject to hydrolysis) is 1. The standard InChI is InChI=1S/C11H15NO4/c1-15-9-5-3-8(4-6-9)10(13)7-12-11(14)16-2/h3-6,10,13H,7H2,1-2H3,(H,12,14). The van der Waals surface area contributed by atoms with Gasteiger partial charge in [-0.15, -0.1) is 0 Å². The van der Waals surface area contributed by atoms with Gasteiger partial charge in [-0.2, -0.15) is 0 Å². The summed E-state index contributed by atoms with van der Waals surface area (Å²) in [5.41, 5.74) is 0.706. The summed E-state index contributed by atoms with van der Waals surface area (Å²) in [6, 6.07) is 6.97. The summed E-state index contributed by atoms with van der Waals surface area (Å²) in [4.78, 5) is 10.8. The molecule has 0 fully saturated rings. The molecule has 0 saturated heterocycles. The van der Waals surface area contributed by atoms with Crippen molar-refractivity contribution in [1.82, 2.24) is 5.32 Å². The zero-order valence-electron chi connectivity index (χ0n) is 9.27. The Labute approximate surface area is 94.0 Å². The number of rotatable bonds is 4. The molecule has 0 saturated carbocycles. The van der Waals surface area contributed by atoms with E-state index in [0.29, 0.717) is 5.56 Å². The lowest BCUT2D eigenvalue weighted by atomic mass is 10.1. The number of ether oxygens (including phenoxy) is 2. The van der Waals surface area contributed by atoms with Gasteiger partial charge < -0.3 is 19.9 Å². The average molecular weight is 225 g/mol. The van der Waals surface area contributed by atoms with E-state index in [9.17, 15) is 9.90 Å². The van der Waals surface area contributed by atoms with E-state index >= 15 is 0 Å². The van der Waals surface area contributed by atoms with Gasteiger partial charge in [0.2, 0.25) is 0 Å². The van der Waals surface area contributed by atoms with Crippen LogP contribution in [0.5, 0.6) is 5.75 Å². The third kappa shape index (κ3) is 3.43. The molecule has 0 bridgehead atoms. The van der Waals surface area contributed by atoms with Gasteiger partial charge in [-0.1, -0.05) is 12.1 Å². The highest BCUT2D eigenvalue weighted by molar-refractivity contribution is 5.66. The van der Waals surface area contributed by atoms with Crippen LogP contribution in [0, 0.1) is 0 Å². The highest BCUT2D eigenvalue weighted by atomic mass is 16.5. The molecule has 88 valence electrons. The van der Waals surface area contributed by atoms with E-state index in [4.69, 9.17) is 4.74 Å². The summed E-state index contributed by atoms with van der Waals surface area (Å²) in [5.74, 6) is 0.719. The lowest BCUT2D eigenvalue weighted by Gasteiger charge is -2.11. The molecule has 0 radical (unpaired) electrons. The third-order valence-electron chi connectivity index (χ3n) is 2.13. The summed E-state index contributed by atoms with van der Waals surface area (Å²) < 4.78 is 9.38. The SMILES string of the molecule is COC(=O)NCC(O)c1ccc(OC)cc1. The van der Waals surface area contributed by atoms with Crippen molar-refractivity contribution in [3.63, 3.8) is 0 Å². The molecule has 0 aliphatic heterocycles. The molecule has 0 aromatic heterocycles. The van der Waals surface area contributed by atoms with Crippen molar-refractivity contribution in [1.29, 1.82) is 0 Å². The number of carbonyl (C=O) groups excluding carboxylic acids is 1. The van der Waals surface area contributed by atoms with Crippen LogP contribution in [0.3, 0.4) is 0 Å². The number of carbonyl (C=O) groups is 1. The number of hydrogen-bond acceptors (Lipinski definition) is 4. The molecule has 1 aromatic rings. The molecular weight excluding hydrogens is 210 g/mol. The maximum Gasteiger partial charge on any atom is 0.406 e. The minimum absolute atomic E-state index is 0.110. The highest BCUT2D eigenvalue weighted by Gasteiger charge is 2.09. The fourth-order valence-electron chi connectivity index (χ4n) is 1.20. The summed E-state index contributed by atoms with van der Waals surface area (Å²) in [6.07, 6.45) is -1.32. The molecule has 5 nitrogen and oxygen atoms in total. The van der Waals surface area contributed by atoms with Crippen molar-refractivity contribution >= 4 is 6.09 Å². The first-order valence-electron chi connectivity index (χ1n) is 4.81. The van der Waals surface area contributed by atoms with Gasteiger partial charge in [0.15, 0.2) is 0 Å².